The minimum absolute atomic E-state index is 0.0301. The average Bonchev–Trinajstić information content (AvgIpc) is 3.37. The van der Waals surface area contributed by atoms with Crippen molar-refractivity contribution in [2.75, 3.05) is 18.0 Å². The van der Waals surface area contributed by atoms with Gasteiger partial charge >= 0.3 is 0 Å². The summed E-state index contributed by atoms with van der Waals surface area (Å²) in [5, 5.41) is 8.47. The summed E-state index contributed by atoms with van der Waals surface area (Å²) in [4.78, 5) is 24.9. The minimum atomic E-state index is 0.0301. The van der Waals surface area contributed by atoms with Crippen LogP contribution in [-0.4, -0.2) is 34.1 Å². The second-order valence-electron chi connectivity index (χ2n) is 9.80. The Morgan fingerprint density at radius 1 is 0.972 bits per heavy atom. The molecule has 184 valence electrons. The van der Waals surface area contributed by atoms with Gasteiger partial charge in [0.05, 0.1) is 6.04 Å². The number of nitrogens with zero attached hydrogens (tertiary/aromatic N) is 4. The number of carbonyl (C=O) groups excluding carboxylic acids is 1. The van der Waals surface area contributed by atoms with Gasteiger partial charge in [-0.15, -0.1) is 0 Å². The Kier molecular flexibility index (Phi) is 6.36. The summed E-state index contributed by atoms with van der Waals surface area (Å²) in [7, 11) is 0. The molecule has 1 N–H and O–H groups in total. The highest BCUT2D eigenvalue weighted by Crippen LogP contribution is 2.35. The third-order valence-electron chi connectivity index (χ3n) is 7.35. The largest absolute Gasteiger partial charge is 0.356 e. The van der Waals surface area contributed by atoms with Gasteiger partial charge in [-0.3, -0.25) is 4.79 Å². The SMILES string of the molecule is O=C(CCc1nc(N2CCCCC2)c2c(-c3ccccc3)noc2n1)N[C@H]1CCCc2ccccc21. The maximum absolute atomic E-state index is 12.9. The van der Waals surface area contributed by atoms with E-state index in [1.54, 1.807) is 0 Å². The van der Waals surface area contributed by atoms with Crippen molar-refractivity contribution in [2.24, 2.45) is 0 Å². The fraction of sp³-hybridized carbons (Fsp3) is 0.379. The van der Waals surface area contributed by atoms with Gasteiger partial charge in [0, 0.05) is 31.5 Å². The van der Waals surface area contributed by atoms with Crippen LogP contribution in [0.3, 0.4) is 0 Å². The lowest BCUT2D eigenvalue weighted by molar-refractivity contribution is -0.121. The first-order valence-corrected chi connectivity index (χ1v) is 13.1. The molecule has 0 bridgehead atoms. The zero-order valence-corrected chi connectivity index (χ0v) is 20.4. The number of rotatable bonds is 6. The Hall–Kier alpha value is -3.74. The monoisotopic (exact) mass is 481 g/mol. The van der Waals surface area contributed by atoms with Crippen LogP contribution in [0, 0.1) is 0 Å². The molecule has 4 aromatic rings. The fourth-order valence-electron chi connectivity index (χ4n) is 5.51. The molecule has 1 aliphatic carbocycles. The number of nitrogens with one attached hydrogen (secondary N) is 1. The van der Waals surface area contributed by atoms with Crippen molar-refractivity contribution in [3.63, 3.8) is 0 Å². The fourth-order valence-corrected chi connectivity index (χ4v) is 5.51. The lowest BCUT2D eigenvalue weighted by Crippen LogP contribution is -2.31. The Labute approximate surface area is 210 Å². The molecule has 0 radical (unpaired) electrons. The zero-order chi connectivity index (χ0) is 24.3. The van der Waals surface area contributed by atoms with Gasteiger partial charge < -0.3 is 14.7 Å². The molecule has 1 atom stereocenters. The Morgan fingerprint density at radius 2 is 1.78 bits per heavy atom. The van der Waals surface area contributed by atoms with Gasteiger partial charge in [-0.05, 0) is 49.7 Å². The van der Waals surface area contributed by atoms with Crippen LogP contribution in [0.4, 0.5) is 5.82 Å². The molecule has 7 heteroatoms. The third-order valence-corrected chi connectivity index (χ3v) is 7.35. The summed E-state index contributed by atoms with van der Waals surface area (Å²) in [5.74, 6) is 1.52. The molecule has 0 saturated carbocycles. The van der Waals surface area contributed by atoms with Crippen molar-refractivity contribution in [2.45, 2.75) is 57.4 Å². The van der Waals surface area contributed by atoms with Gasteiger partial charge in [0.1, 0.15) is 22.7 Å². The molecule has 6 rings (SSSR count). The van der Waals surface area contributed by atoms with E-state index in [9.17, 15) is 4.79 Å². The van der Waals surface area contributed by atoms with Crippen molar-refractivity contribution in [1.29, 1.82) is 0 Å². The Morgan fingerprint density at radius 3 is 2.64 bits per heavy atom. The topological polar surface area (TPSA) is 84.2 Å². The molecule has 7 nitrogen and oxygen atoms in total. The molecule has 3 heterocycles. The molecule has 2 aromatic heterocycles. The van der Waals surface area contributed by atoms with Crippen LogP contribution in [0.5, 0.6) is 0 Å². The van der Waals surface area contributed by atoms with Crippen molar-refractivity contribution >= 4 is 22.8 Å². The highest BCUT2D eigenvalue weighted by Gasteiger charge is 2.25. The summed E-state index contributed by atoms with van der Waals surface area (Å²) < 4.78 is 5.71. The summed E-state index contributed by atoms with van der Waals surface area (Å²) in [5.41, 5.74) is 4.83. The smallest absolute Gasteiger partial charge is 0.263 e. The number of aromatic nitrogens is 3. The van der Waals surface area contributed by atoms with Crippen LogP contribution >= 0.6 is 0 Å². The number of fused-ring (bicyclic) bond motifs is 2. The van der Waals surface area contributed by atoms with E-state index >= 15 is 0 Å². The molecular weight excluding hydrogens is 450 g/mol. The highest BCUT2D eigenvalue weighted by atomic mass is 16.5. The van der Waals surface area contributed by atoms with E-state index in [1.165, 1.54) is 17.5 Å². The number of hydrogen-bond donors (Lipinski definition) is 1. The Balaban J connectivity index is 1.24. The van der Waals surface area contributed by atoms with Gasteiger partial charge in [0.25, 0.3) is 5.71 Å². The number of amides is 1. The summed E-state index contributed by atoms with van der Waals surface area (Å²) in [6, 6.07) is 18.5. The van der Waals surface area contributed by atoms with E-state index in [-0.39, 0.29) is 11.9 Å². The first-order valence-electron chi connectivity index (χ1n) is 13.1. The Bertz CT molecular complexity index is 1360. The summed E-state index contributed by atoms with van der Waals surface area (Å²) in [6.07, 6.45) is 7.45. The lowest BCUT2D eigenvalue weighted by atomic mass is 9.87. The van der Waals surface area contributed by atoms with Crippen molar-refractivity contribution in [1.82, 2.24) is 20.4 Å². The van der Waals surface area contributed by atoms with E-state index in [1.807, 2.05) is 30.3 Å². The predicted molar refractivity (Wildman–Crippen MR) is 140 cm³/mol. The molecule has 1 fully saturated rings. The maximum Gasteiger partial charge on any atom is 0.263 e. The van der Waals surface area contributed by atoms with Crippen molar-refractivity contribution in [3.05, 3.63) is 71.5 Å². The molecule has 0 unspecified atom stereocenters. The van der Waals surface area contributed by atoms with E-state index in [4.69, 9.17) is 9.51 Å². The third kappa shape index (κ3) is 4.57. The number of carbonyl (C=O) groups is 1. The van der Waals surface area contributed by atoms with Gasteiger partial charge in [-0.25, -0.2) is 4.98 Å². The van der Waals surface area contributed by atoms with Crippen LogP contribution in [-0.2, 0) is 17.6 Å². The number of benzene rings is 2. The number of hydrogen-bond acceptors (Lipinski definition) is 6. The minimum Gasteiger partial charge on any atom is -0.356 e. The second kappa shape index (κ2) is 10.1. The average molecular weight is 482 g/mol. The molecular formula is C29H31N5O2. The van der Waals surface area contributed by atoms with E-state index in [0.717, 1.165) is 67.7 Å². The predicted octanol–water partition coefficient (Wildman–Crippen LogP) is 5.40. The molecule has 2 aliphatic rings. The summed E-state index contributed by atoms with van der Waals surface area (Å²) >= 11 is 0. The van der Waals surface area contributed by atoms with E-state index < -0.39 is 0 Å². The molecule has 1 amide bonds. The van der Waals surface area contributed by atoms with Gasteiger partial charge in [-0.1, -0.05) is 59.8 Å². The first-order chi connectivity index (χ1) is 17.8. The van der Waals surface area contributed by atoms with Crippen molar-refractivity contribution in [3.8, 4) is 11.3 Å². The normalized spacial score (nSPS) is 17.7. The molecule has 1 saturated heterocycles. The first kappa shape index (κ1) is 22.7. The number of aryl methyl sites for hydroxylation is 2. The van der Waals surface area contributed by atoms with E-state index in [0.29, 0.717) is 24.4 Å². The molecule has 2 aromatic carbocycles. The van der Waals surface area contributed by atoms with Crippen LogP contribution in [0.15, 0.2) is 59.1 Å². The van der Waals surface area contributed by atoms with Gasteiger partial charge in [0.15, 0.2) is 0 Å². The quantitative estimate of drug-likeness (QED) is 0.397. The van der Waals surface area contributed by atoms with Crippen LogP contribution in [0.2, 0.25) is 0 Å². The van der Waals surface area contributed by atoms with Crippen LogP contribution in [0.25, 0.3) is 22.4 Å². The lowest BCUT2D eigenvalue weighted by Gasteiger charge is -2.28. The standard InChI is InChI=1S/C29H31N5O2/c35-25(30-23-15-9-13-20-10-5-6-14-22(20)23)17-16-24-31-28(34-18-7-2-8-19-34)26-27(33-36-29(26)32-24)21-11-3-1-4-12-21/h1,3-6,10-12,14,23H,2,7-9,13,15-19H2,(H,30,35)/t23-/m0/s1. The van der Waals surface area contributed by atoms with E-state index in [2.05, 4.69) is 44.6 Å². The van der Waals surface area contributed by atoms with Gasteiger partial charge in [0.2, 0.25) is 5.91 Å². The number of anilines is 1. The van der Waals surface area contributed by atoms with Crippen LogP contribution in [0.1, 0.15) is 61.5 Å². The zero-order valence-electron chi connectivity index (χ0n) is 20.4. The molecule has 0 spiro atoms. The van der Waals surface area contributed by atoms with Crippen LogP contribution < -0.4 is 10.2 Å². The highest BCUT2D eigenvalue weighted by molar-refractivity contribution is 5.98. The van der Waals surface area contributed by atoms with Gasteiger partial charge in [-0.2, -0.15) is 4.98 Å². The van der Waals surface area contributed by atoms with Crippen molar-refractivity contribution < 1.29 is 9.32 Å². The maximum atomic E-state index is 12.9. The molecule has 36 heavy (non-hydrogen) atoms. The molecule has 1 aliphatic heterocycles. The number of piperidine rings is 1. The summed E-state index contributed by atoms with van der Waals surface area (Å²) in [6.45, 7) is 1.90. The second-order valence-corrected chi connectivity index (χ2v) is 9.80.